The van der Waals surface area contributed by atoms with Crippen LogP contribution in [0.3, 0.4) is 0 Å². The summed E-state index contributed by atoms with van der Waals surface area (Å²) in [5, 5.41) is 0. The minimum Gasteiger partial charge on any atom is -0.462 e. The van der Waals surface area contributed by atoms with Crippen molar-refractivity contribution in [2.45, 2.75) is 238 Å². The molecule has 0 radical (unpaired) electrons. The third kappa shape index (κ3) is 32.5. The van der Waals surface area contributed by atoms with Gasteiger partial charge in [-0.2, -0.15) is 0 Å². The van der Waals surface area contributed by atoms with Crippen LogP contribution in [0.15, 0.2) is 0 Å². The van der Waals surface area contributed by atoms with Gasteiger partial charge in [0.15, 0.2) is 0 Å². The van der Waals surface area contributed by atoms with E-state index in [-0.39, 0.29) is 18.2 Å². The second-order valence-corrected chi connectivity index (χ2v) is 13.6. The lowest BCUT2D eigenvalue weighted by Gasteiger charge is -2.20. The first kappa shape index (κ1) is 43.1. The highest BCUT2D eigenvalue weighted by Gasteiger charge is 2.19. The minimum absolute atomic E-state index is 0.0600. The van der Waals surface area contributed by atoms with Crippen LogP contribution in [-0.2, 0) is 19.1 Å². The van der Waals surface area contributed by atoms with Crippen LogP contribution < -0.4 is 0 Å². The molecule has 0 N–H and O–H groups in total. The normalized spacial score (nSPS) is 12.8. The van der Waals surface area contributed by atoms with E-state index < -0.39 is 0 Å². The highest BCUT2D eigenvalue weighted by molar-refractivity contribution is 5.70. The van der Waals surface area contributed by atoms with Crippen molar-refractivity contribution in [3.05, 3.63) is 0 Å². The average Bonchev–Trinajstić information content (AvgIpc) is 3.01. The number of aldehydes is 1. The van der Waals surface area contributed by atoms with Crippen molar-refractivity contribution in [1.82, 2.24) is 0 Å². The SMILES string of the molecule is CCCCCCCCCCCCO[C@H](CCCCCCCCCCC)CC(=O)O[C@@H](CC=O)CCCCCCCCCCC. The van der Waals surface area contributed by atoms with E-state index in [1.54, 1.807) is 0 Å². The number of rotatable bonds is 37. The summed E-state index contributed by atoms with van der Waals surface area (Å²) in [6.45, 7) is 7.54. The Morgan fingerprint density at radius 1 is 0.477 bits per heavy atom. The Balaban J connectivity index is 4.39. The minimum atomic E-state index is -0.278. The average molecular weight is 623 g/mol. The summed E-state index contributed by atoms with van der Waals surface area (Å²) < 4.78 is 12.1. The Hall–Kier alpha value is -0.900. The highest BCUT2D eigenvalue weighted by atomic mass is 16.5. The maximum atomic E-state index is 12.9. The van der Waals surface area contributed by atoms with Crippen LogP contribution in [0.25, 0.3) is 0 Å². The number of hydrogen-bond donors (Lipinski definition) is 0. The summed E-state index contributed by atoms with van der Waals surface area (Å²) in [6, 6.07) is 0. The van der Waals surface area contributed by atoms with Gasteiger partial charge >= 0.3 is 5.97 Å². The molecule has 0 heterocycles. The second-order valence-electron chi connectivity index (χ2n) is 13.6. The second kappa shape index (κ2) is 36.6. The summed E-state index contributed by atoms with van der Waals surface area (Å²) in [6.07, 6.45) is 39.1. The summed E-state index contributed by atoms with van der Waals surface area (Å²) in [4.78, 5) is 24.2. The fraction of sp³-hybridized carbons (Fsp3) is 0.950. The summed E-state index contributed by atoms with van der Waals surface area (Å²) in [7, 11) is 0. The molecule has 0 aliphatic heterocycles. The van der Waals surface area contributed by atoms with Gasteiger partial charge in [0.1, 0.15) is 12.4 Å². The van der Waals surface area contributed by atoms with E-state index in [1.165, 1.54) is 154 Å². The van der Waals surface area contributed by atoms with E-state index in [0.29, 0.717) is 12.8 Å². The van der Waals surface area contributed by atoms with E-state index in [0.717, 1.165) is 51.4 Å². The fourth-order valence-electron chi connectivity index (χ4n) is 6.20. The molecule has 0 rings (SSSR count). The van der Waals surface area contributed by atoms with Crippen LogP contribution in [0, 0.1) is 0 Å². The molecule has 0 aliphatic carbocycles. The molecule has 0 bridgehead atoms. The summed E-state index contributed by atoms with van der Waals surface area (Å²) in [5.41, 5.74) is 0. The molecule has 0 unspecified atom stereocenters. The molecule has 0 spiro atoms. The van der Waals surface area contributed by atoms with Gasteiger partial charge in [-0.1, -0.05) is 188 Å². The van der Waals surface area contributed by atoms with Crippen LogP contribution in [0.2, 0.25) is 0 Å². The van der Waals surface area contributed by atoms with E-state index in [1.807, 2.05) is 0 Å². The molecule has 0 saturated heterocycles. The fourth-order valence-corrected chi connectivity index (χ4v) is 6.20. The van der Waals surface area contributed by atoms with Crippen molar-refractivity contribution in [3.8, 4) is 0 Å². The molecule has 0 saturated carbocycles. The molecule has 0 fully saturated rings. The number of esters is 1. The third-order valence-corrected chi connectivity index (χ3v) is 9.16. The highest BCUT2D eigenvalue weighted by Crippen LogP contribution is 2.18. The van der Waals surface area contributed by atoms with Gasteiger partial charge in [-0.05, 0) is 25.7 Å². The zero-order valence-corrected chi connectivity index (χ0v) is 30.2. The Morgan fingerprint density at radius 3 is 1.20 bits per heavy atom. The zero-order valence-electron chi connectivity index (χ0n) is 30.2. The van der Waals surface area contributed by atoms with Gasteiger partial charge in [0.25, 0.3) is 0 Å². The van der Waals surface area contributed by atoms with Gasteiger partial charge in [0.05, 0.1) is 12.5 Å². The van der Waals surface area contributed by atoms with Crippen molar-refractivity contribution in [2.24, 2.45) is 0 Å². The van der Waals surface area contributed by atoms with E-state index in [4.69, 9.17) is 9.47 Å². The Morgan fingerprint density at radius 2 is 0.818 bits per heavy atom. The molecule has 262 valence electrons. The first-order chi connectivity index (χ1) is 21.7. The van der Waals surface area contributed by atoms with Crippen molar-refractivity contribution in [2.75, 3.05) is 6.61 Å². The predicted octanol–water partition coefficient (Wildman–Crippen LogP) is 13.0. The van der Waals surface area contributed by atoms with Gasteiger partial charge in [-0.15, -0.1) is 0 Å². The molecule has 0 aromatic carbocycles. The van der Waals surface area contributed by atoms with E-state index in [2.05, 4.69) is 20.8 Å². The topological polar surface area (TPSA) is 52.6 Å². The molecule has 44 heavy (non-hydrogen) atoms. The molecule has 4 nitrogen and oxygen atoms in total. The van der Waals surface area contributed by atoms with Gasteiger partial charge < -0.3 is 14.3 Å². The standard InChI is InChI=1S/C40H78O4/c1-4-7-10-13-16-19-22-25-28-31-36-43-39(33-30-27-24-21-18-15-12-9-6-3)37-40(42)44-38(34-35-41)32-29-26-23-20-17-14-11-8-5-2/h35,38-39H,4-34,36-37H2,1-3H3/t38-,39-/m1/s1. The Kier molecular flexibility index (Phi) is 35.8. The van der Waals surface area contributed by atoms with Crippen LogP contribution in [0.5, 0.6) is 0 Å². The zero-order chi connectivity index (χ0) is 32.2. The lowest BCUT2D eigenvalue weighted by molar-refractivity contribution is -0.153. The van der Waals surface area contributed by atoms with E-state index in [9.17, 15) is 9.59 Å². The van der Waals surface area contributed by atoms with Crippen LogP contribution in [0.4, 0.5) is 0 Å². The van der Waals surface area contributed by atoms with Gasteiger partial charge in [0.2, 0.25) is 0 Å². The predicted molar refractivity (Wildman–Crippen MR) is 190 cm³/mol. The lowest BCUT2D eigenvalue weighted by Crippen LogP contribution is -2.24. The Bertz CT molecular complexity index is 578. The van der Waals surface area contributed by atoms with Crippen molar-refractivity contribution in [1.29, 1.82) is 0 Å². The smallest absolute Gasteiger partial charge is 0.308 e. The maximum absolute atomic E-state index is 12.9. The molecule has 0 aliphatic rings. The lowest BCUT2D eigenvalue weighted by atomic mass is 10.0. The van der Waals surface area contributed by atoms with Gasteiger partial charge in [0, 0.05) is 13.0 Å². The summed E-state index contributed by atoms with van der Waals surface area (Å²) >= 11 is 0. The molecular weight excluding hydrogens is 544 g/mol. The molecule has 0 aromatic rings. The Labute approximate surface area is 276 Å². The van der Waals surface area contributed by atoms with Crippen LogP contribution in [0.1, 0.15) is 226 Å². The van der Waals surface area contributed by atoms with Crippen molar-refractivity contribution < 1.29 is 19.1 Å². The van der Waals surface area contributed by atoms with Gasteiger partial charge in [-0.3, -0.25) is 4.79 Å². The third-order valence-electron chi connectivity index (χ3n) is 9.16. The molecule has 2 atom stereocenters. The number of ether oxygens (including phenoxy) is 2. The monoisotopic (exact) mass is 623 g/mol. The largest absolute Gasteiger partial charge is 0.462 e. The van der Waals surface area contributed by atoms with Gasteiger partial charge in [-0.25, -0.2) is 0 Å². The quantitative estimate of drug-likeness (QED) is 0.0393. The number of hydrogen-bond acceptors (Lipinski definition) is 4. The molecule has 4 heteroatoms. The first-order valence-corrected chi connectivity index (χ1v) is 19.9. The van der Waals surface area contributed by atoms with E-state index >= 15 is 0 Å². The molecule has 0 aromatic heterocycles. The number of unbranched alkanes of at least 4 members (excludes halogenated alkanes) is 25. The van der Waals surface area contributed by atoms with Crippen molar-refractivity contribution in [3.63, 3.8) is 0 Å². The number of carbonyl (C=O) groups is 2. The molecule has 0 amide bonds. The first-order valence-electron chi connectivity index (χ1n) is 19.9. The maximum Gasteiger partial charge on any atom is 0.308 e. The van der Waals surface area contributed by atoms with Crippen LogP contribution in [-0.4, -0.2) is 31.1 Å². The van der Waals surface area contributed by atoms with Crippen LogP contribution >= 0.6 is 0 Å². The van der Waals surface area contributed by atoms with Crippen molar-refractivity contribution >= 4 is 12.3 Å². The molecular formula is C40H78O4. The number of carbonyl (C=O) groups excluding carboxylic acids is 2. The summed E-state index contributed by atoms with van der Waals surface area (Å²) in [5.74, 6) is -0.184.